The Balaban J connectivity index is 3.28. The summed E-state index contributed by atoms with van der Waals surface area (Å²) >= 11 is 0. The first-order chi connectivity index (χ1) is 7.70. The molecule has 0 atom stereocenters. The first kappa shape index (κ1) is 14.9. The molecule has 0 rings (SSSR count). The summed E-state index contributed by atoms with van der Waals surface area (Å²) in [7, 11) is 0. The molecule has 0 aliphatic carbocycles. The molecule has 0 radical (unpaired) electrons. The van der Waals surface area contributed by atoms with Crippen LogP contribution in [0.3, 0.4) is 0 Å². The smallest absolute Gasteiger partial charge is 0.245 e. The van der Waals surface area contributed by atoms with Gasteiger partial charge in [0, 0.05) is 19.4 Å². The van der Waals surface area contributed by atoms with Crippen LogP contribution in [0.1, 0.15) is 51.9 Å². The number of nitrogens with one attached hydrogen (secondary N) is 2. The van der Waals surface area contributed by atoms with Crippen LogP contribution in [0.15, 0.2) is 0 Å². The minimum atomic E-state index is -0.483. The average molecular weight is 230 g/mol. The van der Waals surface area contributed by atoms with Crippen molar-refractivity contribution in [2.24, 2.45) is 0 Å². The zero-order chi connectivity index (χ0) is 12.2. The highest BCUT2D eigenvalue weighted by Crippen LogP contribution is 2.04. The molecule has 0 heterocycles. The van der Waals surface area contributed by atoms with E-state index in [1.54, 1.807) is 0 Å². The highest BCUT2D eigenvalue weighted by atomic mass is 16.5. The molecular formula is C11H22N2O3. The summed E-state index contributed by atoms with van der Waals surface area (Å²) in [6, 6.07) is 0. The van der Waals surface area contributed by atoms with E-state index in [4.69, 9.17) is 5.21 Å². The second kappa shape index (κ2) is 10.4. The molecule has 94 valence electrons. The summed E-state index contributed by atoms with van der Waals surface area (Å²) in [5.41, 5.74) is 1.51. The van der Waals surface area contributed by atoms with Gasteiger partial charge in [0.05, 0.1) is 0 Å². The van der Waals surface area contributed by atoms with E-state index in [0.717, 1.165) is 12.8 Å². The lowest BCUT2D eigenvalue weighted by molar-refractivity contribution is -0.129. The van der Waals surface area contributed by atoms with Gasteiger partial charge in [0.2, 0.25) is 11.8 Å². The summed E-state index contributed by atoms with van der Waals surface area (Å²) in [4.78, 5) is 21.9. The maximum absolute atomic E-state index is 11.2. The summed E-state index contributed by atoms with van der Waals surface area (Å²) in [5.74, 6) is -0.509. The number of carbonyl (C=O) groups excluding carboxylic acids is 2. The molecule has 16 heavy (non-hydrogen) atoms. The van der Waals surface area contributed by atoms with Gasteiger partial charge in [-0.2, -0.15) is 0 Å². The van der Waals surface area contributed by atoms with Crippen LogP contribution in [0.5, 0.6) is 0 Å². The highest BCUT2D eigenvalue weighted by Gasteiger charge is 2.02. The fraction of sp³-hybridized carbons (Fsp3) is 0.818. The van der Waals surface area contributed by atoms with E-state index in [-0.39, 0.29) is 18.9 Å². The van der Waals surface area contributed by atoms with Crippen molar-refractivity contribution in [1.29, 1.82) is 0 Å². The third-order valence-corrected chi connectivity index (χ3v) is 2.31. The maximum Gasteiger partial charge on any atom is 0.245 e. The largest absolute Gasteiger partial charge is 0.356 e. The van der Waals surface area contributed by atoms with E-state index in [9.17, 15) is 9.59 Å². The van der Waals surface area contributed by atoms with Gasteiger partial charge in [-0.05, 0) is 6.42 Å². The van der Waals surface area contributed by atoms with Crippen LogP contribution >= 0.6 is 0 Å². The van der Waals surface area contributed by atoms with E-state index < -0.39 is 5.91 Å². The Kier molecular flexibility index (Phi) is 9.70. The highest BCUT2D eigenvalue weighted by molar-refractivity contribution is 5.78. The molecule has 0 aromatic rings. The summed E-state index contributed by atoms with van der Waals surface area (Å²) < 4.78 is 0. The van der Waals surface area contributed by atoms with Crippen LogP contribution < -0.4 is 10.8 Å². The van der Waals surface area contributed by atoms with E-state index in [2.05, 4.69) is 12.2 Å². The van der Waals surface area contributed by atoms with Crippen molar-refractivity contribution < 1.29 is 14.8 Å². The maximum atomic E-state index is 11.2. The molecule has 0 aromatic carbocycles. The van der Waals surface area contributed by atoms with Gasteiger partial charge in [-0.25, -0.2) is 5.48 Å². The van der Waals surface area contributed by atoms with Gasteiger partial charge in [0.15, 0.2) is 0 Å². The van der Waals surface area contributed by atoms with Crippen LogP contribution in [0, 0.1) is 0 Å². The second-order valence-electron chi connectivity index (χ2n) is 3.80. The molecule has 0 fully saturated rings. The Morgan fingerprint density at radius 1 is 1.00 bits per heavy atom. The lowest BCUT2D eigenvalue weighted by Crippen LogP contribution is -2.29. The third kappa shape index (κ3) is 9.45. The molecule has 0 aliphatic rings. The second-order valence-corrected chi connectivity index (χ2v) is 3.80. The third-order valence-electron chi connectivity index (χ3n) is 2.31. The molecule has 0 saturated carbocycles. The van der Waals surface area contributed by atoms with Crippen molar-refractivity contribution in [3.63, 3.8) is 0 Å². The minimum Gasteiger partial charge on any atom is -0.356 e. The van der Waals surface area contributed by atoms with Crippen molar-refractivity contribution in [2.45, 2.75) is 51.9 Å². The minimum absolute atomic E-state index is 0.0257. The van der Waals surface area contributed by atoms with Gasteiger partial charge < -0.3 is 5.32 Å². The van der Waals surface area contributed by atoms with E-state index in [1.807, 2.05) is 0 Å². The van der Waals surface area contributed by atoms with Crippen LogP contribution in [0.25, 0.3) is 0 Å². The number of hydrogen-bond donors (Lipinski definition) is 3. The number of carbonyl (C=O) groups is 2. The Morgan fingerprint density at radius 2 is 1.69 bits per heavy atom. The Hall–Kier alpha value is -1.10. The van der Waals surface area contributed by atoms with Crippen molar-refractivity contribution >= 4 is 11.8 Å². The van der Waals surface area contributed by atoms with Crippen molar-refractivity contribution in [1.82, 2.24) is 10.8 Å². The van der Waals surface area contributed by atoms with E-state index >= 15 is 0 Å². The molecule has 0 saturated heterocycles. The molecule has 0 bridgehead atoms. The van der Waals surface area contributed by atoms with Crippen LogP contribution in [-0.4, -0.2) is 23.6 Å². The molecular weight excluding hydrogens is 208 g/mol. The number of unbranched alkanes of at least 4 members (excludes halogenated alkanes) is 4. The number of hydrogen-bond acceptors (Lipinski definition) is 3. The molecule has 3 N–H and O–H groups in total. The average Bonchev–Trinajstić information content (AvgIpc) is 2.28. The summed E-state index contributed by atoms with van der Waals surface area (Å²) in [6.45, 7) is 2.43. The molecule has 0 aromatic heterocycles. The molecule has 2 amide bonds. The van der Waals surface area contributed by atoms with Crippen molar-refractivity contribution in [3.05, 3.63) is 0 Å². The van der Waals surface area contributed by atoms with E-state index in [0.29, 0.717) is 6.42 Å². The Morgan fingerprint density at radius 3 is 2.31 bits per heavy atom. The zero-order valence-electron chi connectivity index (χ0n) is 9.92. The predicted octanol–water partition coefficient (Wildman–Crippen LogP) is 1.36. The molecule has 0 unspecified atom stereocenters. The van der Waals surface area contributed by atoms with Gasteiger partial charge >= 0.3 is 0 Å². The summed E-state index contributed by atoms with van der Waals surface area (Å²) in [5, 5.41) is 10.8. The normalized spacial score (nSPS) is 9.88. The summed E-state index contributed by atoms with van der Waals surface area (Å²) in [6.07, 6.45) is 6.20. The molecule has 5 heteroatoms. The van der Waals surface area contributed by atoms with Gasteiger partial charge in [0.25, 0.3) is 0 Å². The molecule has 0 aliphatic heterocycles. The fourth-order valence-corrected chi connectivity index (χ4v) is 1.35. The van der Waals surface area contributed by atoms with Gasteiger partial charge in [-0.1, -0.05) is 32.6 Å². The number of hydroxylamine groups is 1. The number of amides is 2. The SMILES string of the molecule is CCCCCCCC(=O)NCCC(=O)NO. The van der Waals surface area contributed by atoms with Crippen molar-refractivity contribution in [3.8, 4) is 0 Å². The zero-order valence-corrected chi connectivity index (χ0v) is 9.92. The predicted molar refractivity (Wildman–Crippen MR) is 60.9 cm³/mol. The van der Waals surface area contributed by atoms with E-state index in [1.165, 1.54) is 24.7 Å². The first-order valence-corrected chi connectivity index (χ1v) is 5.90. The first-order valence-electron chi connectivity index (χ1n) is 5.90. The Labute approximate surface area is 96.6 Å². The number of rotatable bonds is 9. The quantitative estimate of drug-likeness (QED) is 0.318. The monoisotopic (exact) mass is 230 g/mol. The standard InChI is InChI=1S/C11H22N2O3/c1-2-3-4-5-6-7-10(14)12-9-8-11(15)13-16/h16H,2-9H2,1H3,(H,12,14)(H,13,15). The van der Waals surface area contributed by atoms with Gasteiger partial charge in [-0.15, -0.1) is 0 Å². The molecule has 5 nitrogen and oxygen atoms in total. The lowest BCUT2D eigenvalue weighted by Gasteiger charge is -2.04. The van der Waals surface area contributed by atoms with Gasteiger partial charge in [-0.3, -0.25) is 14.8 Å². The fourth-order valence-electron chi connectivity index (χ4n) is 1.35. The van der Waals surface area contributed by atoms with Crippen LogP contribution in [0.4, 0.5) is 0 Å². The topological polar surface area (TPSA) is 78.4 Å². The van der Waals surface area contributed by atoms with Crippen LogP contribution in [-0.2, 0) is 9.59 Å². The van der Waals surface area contributed by atoms with Crippen LogP contribution in [0.2, 0.25) is 0 Å². The molecule has 0 spiro atoms. The van der Waals surface area contributed by atoms with Gasteiger partial charge in [0.1, 0.15) is 0 Å². The Bertz CT molecular complexity index is 207. The van der Waals surface area contributed by atoms with Crippen molar-refractivity contribution in [2.75, 3.05) is 6.54 Å². The lowest BCUT2D eigenvalue weighted by atomic mass is 10.1.